The first-order valence-corrected chi connectivity index (χ1v) is 38.6. The van der Waals surface area contributed by atoms with Crippen LogP contribution in [0.25, 0.3) is 43.6 Å². The summed E-state index contributed by atoms with van der Waals surface area (Å²) >= 11 is 23.7. The van der Waals surface area contributed by atoms with Gasteiger partial charge in [0.1, 0.15) is 22.8 Å². The van der Waals surface area contributed by atoms with E-state index in [0.717, 1.165) is 60.7 Å². The molecule has 24 nitrogen and oxygen atoms in total. The number of aromatic nitrogens is 4. The quantitative estimate of drug-likeness (QED) is 0.0420. The molecule has 123 heavy (non-hydrogen) atoms. The van der Waals surface area contributed by atoms with Crippen molar-refractivity contribution in [2.75, 3.05) is 99.0 Å². The van der Waals surface area contributed by atoms with Crippen molar-refractivity contribution in [2.24, 2.45) is 0 Å². The molecular weight excluding hydrogens is 1700 g/mol. The van der Waals surface area contributed by atoms with Gasteiger partial charge in [-0.1, -0.05) is 46.4 Å². The second-order valence-corrected chi connectivity index (χ2v) is 30.6. The lowest BCUT2D eigenvalue weighted by Crippen LogP contribution is -2.21. The van der Waals surface area contributed by atoms with Crippen LogP contribution in [0, 0.1) is 5.82 Å². The number of aliphatic carboxylic acids is 2. The van der Waals surface area contributed by atoms with E-state index in [2.05, 4.69) is 0 Å². The molecule has 8 aromatic carbocycles. The van der Waals surface area contributed by atoms with Crippen molar-refractivity contribution in [3.05, 3.63) is 256 Å². The number of benzene rings is 8. The Kier molecular flexibility index (Phi) is 31.3. The Morgan fingerprint density at radius 2 is 0.675 bits per heavy atom. The minimum atomic E-state index is -4.80. The highest BCUT2D eigenvalue weighted by Gasteiger charge is 2.41. The maximum absolute atomic E-state index is 14.5. The van der Waals surface area contributed by atoms with Crippen molar-refractivity contribution in [1.82, 2.24) is 37.9 Å². The van der Waals surface area contributed by atoms with Crippen LogP contribution in [0.5, 0.6) is 23.0 Å². The summed E-state index contributed by atoms with van der Waals surface area (Å²) in [6.45, 7) is 0.990. The van der Waals surface area contributed by atoms with E-state index in [0.29, 0.717) is 72.2 Å². The maximum Gasteiger partial charge on any atom is 0.420 e. The molecule has 0 unspecified atom stereocenters. The van der Waals surface area contributed by atoms with Crippen LogP contribution < -0.4 is 18.9 Å². The first kappa shape index (κ1) is 95.0. The fraction of sp³-hybridized carbons (Fsp3) is 0.273. The van der Waals surface area contributed by atoms with Crippen molar-refractivity contribution < 1.29 is 108 Å². The molecule has 12 rings (SSSR count). The highest BCUT2D eigenvalue weighted by atomic mass is 35.5. The SMILES string of the molecule is COC(=O)Cc1c(CN(C)C)n(C(=O)c2ccc(Cl)cc2)c2ccc(OC)c(C(F)(F)F)c12.COC(=O)Cc1c(CN(C)C)n(C(=O)c2ccc(Cl)cc2)c2ccc(OC)cc12.COc1cc2c(CC(=O)O)c(CN(C)C)n(C(=O)c3ccc(Cl)cc3)c2cc1C(F)(F)F.COc1cc2c(CC(=O)O)c(CN(C)C)n(C(=O)c3ccc(Cl)cc3)c2cc1F. The normalized spacial score (nSPS) is 11.5. The molecule has 0 saturated heterocycles. The van der Waals surface area contributed by atoms with Gasteiger partial charge >= 0.3 is 36.2 Å². The van der Waals surface area contributed by atoms with Crippen molar-refractivity contribution in [3.8, 4) is 23.0 Å². The van der Waals surface area contributed by atoms with E-state index in [1.165, 1.54) is 90.1 Å². The van der Waals surface area contributed by atoms with Crippen LogP contribution in [-0.2, 0) is 92.9 Å². The zero-order chi connectivity index (χ0) is 90.7. The molecule has 0 spiro atoms. The topological polar surface area (TPSA) is 265 Å². The molecule has 4 aromatic heterocycles. The van der Waals surface area contributed by atoms with Crippen molar-refractivity contribution in [3.63, 3.8) is 0 Å². The number of ether oxygens (including phenoxy) is 6. The van der Waals surface area contributed by atoms with Gasteiger partial charge in [-0.3, -0.25) is 56.6 Å². The number of halogens is 11. The summed E-state index contributed by atoms with van der Waals surface area (Å²) in [7, 11) is 21.9. The van der Waals surface area contributed by atoms with Gasteiger partial charge in [0.25, 0.3) is 23.6 Å². The number of carbonyl (C=O) groups is 8. The van der Waals surface area contributed by atoms with Gasteiger partial charge in [-0.15, -0.1) is 0 Å². The molecule has 0 saturated carbocycles. The fourth-order valence-corrected chi connectivity index (χ4v) is 14.5. The van der Waals surface area contributed by atoms with Crippen molar-refractivity contribution in [1.29, 1.82) is 0 Å². The third-order valence-corrected chi connectivity index (χ3v) is 20.3. The van der Waals surface area contributed by atoms with Gasteiger partial charge in [0.05, 0.1) is 96.0 Å². The van der Waals surface area contributed by atoms with Crippen molar-refractivity contribution >= 4 is 138 Å². The van der Waals surface area contributed by atoms with Crippen LogP contribution in [0.3, 0.4) is 0 Å². The molecule has 0 aliphatic rings. The molecule has 35 heteroatoms. The Bertz CT molecular complexity index is 5980. The number of hydrogen-bond acceptors (Lipinski definition) is 18. The van der Waals surface area contributed by atoms with E-state index in [1.807, 2.05) is 36.0 Å². The fourth-order valence-electron chi connectivity index (χ4n) is 14.0. The largest absolute Gasteiger partial charge is 0.497 e. The third kappa shape index (κ3) is 22.0. The minimum absolute atomic E-state index is 0.0128. The number of alkyl halides is 6. The molecule has 0 aliphatic heterocycles. The number of hydrogen-bond donors (Lipinski definition) is 2. The predicted molar refractivity (Wildman–Crippen MR) is 452 cm³/mol. The van der Waals surface area contributed by atoms with Crippen LogP contribution in [0.4, 0.5) is 30.7 Å². The molecule has 0 atom stereocenters. The Balaban J connectivity index is 0.000000186. The summed E-state index contributed by atoms with van der Waals surface area (Å²) in [4.78, 5) is 108. The summed E-state index contributed by atoms with van der Waals surface area (Å²) in [5.41, 5.74) is 3.38. The van der Waals surface area contributed by atoms with Crippen molar-refractivity contribution in [2.45, 2.75) is 64.2 Å². The lowest BCUT2D eigenvalue weighted by Gasteiger charge is -2.16. The number of methoxy groups -OCH3 is 6. The van der Waals surface area contributed by atoms with Gasteiger partial charge in [0.15, 0.2) is 11.6 Å². The molecule has 0 bridgehead atoms. The number of rotatable bonds is 24. The first-order valence-electron chi connectivity index (χ1n) is 37.1. The first-order chi connectivity index (χ1) is 58.0. The lowest BCUT2D eigenvalue weighted by atomic mass is 10.0. The van der Waals surface area contributed by atoms with E-state index >= 15 is 0 Å². The van der Waals surface area contributed by atoms with Gasteiger partial charge in [-0.25, -0.2) is 4.39 Å². The van der Waals surface area contributed by atoms with E-state index in [4.69, 9.17) is 74.8 Å². The summed E-state index contributed by atoms with van der Waals surface area (Å²) < 4.78 is 134. The smallest absolute Gasteiger partial charge is 0.420 e. The highest BCUT2D eigenvalue weighted by molar-refractivity contribution is 6.32. The van der Waals surface area contributed by atoms with Gasteiger partial charge in [-0.2, -0.15) is 26.3 Å². The summed E-state index contributed by atoms with van der Waals surface area (Å²) in [5, 5.41) is 21.9. The lowest BCUT2D eigenvalue weighted by molar-refractivity contribution is -0.140. The standard InChI is InChI=1S/C23H22ClF3N2O4.C22H20ClF3N2O4.C22H23ClN2O4.C21H20ClFN2O4/c1-28(2)12-17-15(11-19(30)33-4)20-16(9-10-18(32-3)21(20)23(25,26)27)29(17)22(31)13-5-7-14(24)8-6-13;1-27(2)11-18-15(9-20(29)30)14-8-19(32-3)16(22(24,25)26)10-17(14)28(18)21(31)12-4-6-13(23)7-5-12;1-24(2)13-20-18(12-21(26)29-4)17-11-16(28-3)9-10-19(17)25(20)22(27)14-5-7-15(23)8-6-14;1-24(2)11-18-15(9-20(26)27)14-8-19(29-3)16(23)10-17(14)25(18)21(28)12-4-6-13(22)7-5-12/h5-10H,11-12H2,1-4H3;4-8,10H,9,11H2,1-3H3,(H,29,30);5-11H,12-13H2,1-4H3;4-8,10H,9,11H2,1-3H3,(H,26,27). The van der Waals surface area contributed by atoms with E-state index < -0.39 is 89.3 Å². The number of carboxylic acids is 2. The zero-order valence-corrected chi connectivity index (χ0v) is 72.0. The van der Waals surface area contributed by atoms with Gasteiger partial charge < -0.3 is 58.2 Å². The van der Waals surface area contributed by atoms with E-state index in [1.54, 1.807) is 118 Å². The molecule has 0 radical (unpaired) electrons. The van der Waals surface area contributed by atoms with Gasteiger partial charge in [-0.05, 0) is 224 Å². The summed E-state index contributed by atoms with van der Waals surface area (Å²) in [6.07, 6.45) is -10.7. The number of esters is 2. The summed E-state index contributed by atoms with van der Waals surface area (Å²) in [5.74, 6) is -5.94. The van der Waals surface area contributed by atoms with Crippen LogP contribution in [-0.4, -0.2) is 195 Å². The number of carbonyl (C=O) groups excluding carboxylic acids is 6. The van der Waals surface area contributed by atoms with Crippen LogP contribution >= 0.6 is 46.4 Å². The Morgan fingerprint density at radius 1 is 0.358 bits per heavy atom. The number of carboxylic acid groups (broad SMARTS) is 2. The van der Waals surface area contributed by atoms with Crippen LogP contribution in [0.15, 0.2) is 152 Å². The number of nitrogens with zero attached hydrogens (tertiary/aromatic N) is 8. The average Bonchev–Trinajstić information content (AvgIpc) is 1.59. The Labute approximate surface area is 721 Å². The molecular formula is C88H85Cl4F7N8O16. The highest BCUT2D eigenvalue weighted by Crippen LogP contribution is 2.46. The van der Waals surface area contributed by atoms with E-state index in [9.17, 15) is 79.3 Å². The monoisotopic (exact) mass is 1780 g/mol. The molecule has 4 heterocycles. The van der Waals surface area contributed by atoms with Gasteiger partial charge in [0, 0.05) is 119 Å². The number of fused-ring (bicyclic) bond motifs is 4. The third-order valence-electron chi connectivity index (χ3n) is 19.3. The molecule has 2 N–H and O–H groups in total. The molecule has 12 aromatic rings. The molecule has 0 aliphatic carbocycles. The maximum atomic E-state index is 14.5. The predicted octanol–water partition coefficient (Wildman–Crippen LogP) is 17.1. The minimum Gasteiger partial charge on any atom is -0.497 e. The second-order valence-electron chi connectivity index (χ2n) is 28.9. The average molecular weight is 1790 g/mol. The second kappa shape index (κ2) is 40.5. The Morgan fingerprint density at radius 3 is 1.01 bits per heavy atom. The molecule has 0 amide bonds. The van der Waals surface area contributed by atoms with Crippen LogP contribution in [0.1, 0.15) is 97.6 Å². The van der Waals surface area contributed by atoms with Crippen LogP contribution in [0.2, 0.25) is 20.1 Å². The summed E-state index contributed by atoms with van der Waals surface area (Å²) in [6, 6.07) is 37.7. The van der Waals surface area contributed by atoms with E-state index in [-0.39, 0.29) is 105 Å². The Hall–Kier alpha value is -11.8. The molecule has 650 valence electrons. The van der Waals surface area contributed by atoms with Gasteiger partial charge in [0.2, 0.25) is 0 Å². The zero-order valence-electron chi connectivity index (χ0n) is 68.9. The molecule has 0 fully saturated rings.